The van der Waals surface area contributed by atoms with E-state index in [0.717, 1.165) is 32.2 Å². The smallest absolute Gasteiger partial charge is 0.309 e. The monoisotopic (exact) mass is 326 g/mol. The number of nitro groups is 1. The van der Waals surface area contributed by atoms with Gasteiger partial charge in [0.2, 0.25) is 6.04 Å². The number of rotatable bonds is 7. The molecule has 0 spiro atoms. The Bertz CT molecular complexity index is 386. The number of nitrogens with zero attached hydrogens (tertiary/aromatic N) is 1. The van der Waals surface area contributed by atoms with Crippen LogP contribution in [0.1, 0.15) is 71.1 Å². The molecule has 1 N–H and O–H groups in total. The molecule has 0 aromatic carbocycles. The second-order valence-electron chi connectivity index (χ2n) is 7.01. The van der Waals surface area contributed by atoms with Gasteiger partial charge in [0.1, 0.15) is 6.10 Å². The van der Waals surface area contributed by atoms with Crippen LogP contribution in [-0.2, 0) is 9.53 Å². The molecule has 2 saturated carbocycles. The maximum Gasteiger partial charge on any atom is 0.309 e. The van der Waals surface area contributed by atoms with E-state index < -0.39 is 6.04 Å². The number of esters is 1. The van der Waals surface area contributed by atoms with Crippen LogP contribution < -0.4 is 5.32 Å². The van der Waals surface area contributed by atoms with E-state index in [4.69, 9.17) is 4.74 Å². The highest BCUT2D eigenvalue weighted by atomic mass is 16.6. The highest BCUT2D eigenvalue weighted by molar-refractivity contribution is 5.72. The third-order valence-corrected chi connectivity index (χ3v) is 5.25. The highest BCUT2D eigenvalue weighted by Gasteiger charge is 2.33. The summed E-state index contributed by atoms with van der Waals surface area (Å²) in [6, 6.07) is 0.0933. The van der Waals surface area contributed by atoms with Crippen molar-refractivity contribution < 1.29 is 14.5 Å². The first-order valence-corrected chi connectivity index (χ1v) is 9.17. The van der Waals surface area contributed by atoms with E-state index >= 15 is 0 Å². The van der Waals surface area contributed by atoms with E-state index in [1.807, 2.05) is 0 Å². The lowest BCUT2D eigenvalue weighted by Crippen LogP contribution is -2.37. The predicted molar refractivity (Wildman–Crippen MR) is 87.8 cm³/mol. The van der Waals surface area contributed by atoms with Crippen LogP contribution >= 0.6 is 0 Å². The molecule has 2 aliphatic carbocycles. The number of hydrogen-bond donors (Lipinski definition) is 1. The zero-order valence-electron chi connectivity index (χ0n) is 14.2. The number of carbonyl (C=O) groups excluding carboxylic acids is 1. The van der Waals surface area contributed by atoms with Gasteiger partial charge in [0.05, 0.1) is 5.92 Å². The Balaban J connectivity index is 1.64. The largest absolute Gasteiger partial charge is 0.462 e. The Hall–Kier alpha value is -1.17. The third kappa shape index (κ3) is 5.75. The molecule has 132 valence electrons. The van der Waals surface area contributed by atoms with E-state index in [2.05, 4.69) is 12.2 Å². The molecule has 0 aliphatic heterocycles. The van der Waals surface area contributed by atoms with Gasteiger partial charge in [-0.1, -0.05) is 13.3 Å². The Morgan fingerprint density at radius 1 is 1.13 bits per heavy atom. The van der Waals surface area contributed by atoms with Gasteiger partial charge >= 0.3 is 5.97 Å². The Kier molecular flexibility index (Phi) is 7.27. The minimum absolute atomic E-state index is 0.0208. The molecular weight excluding hydrogens is 296 g/mol. The van der Waals surface area contributed by atoms with Crippen molar-refractivity contribution in [1.82, 2.24) is 5.32 Å². The molecular formula is C17H30N2O4. The average molecular weight is 326 g/mol. The van der Waals surface area contributed by atoms with E-state index in [1.165, 1.54) is 12.8 Å². The Morgan fingerprint density at radius 3 is 2.35 bits per heavy atom. The molecule has 0 unspecified atom stereocenters. The van der Waals surface area contributed by atoms with Gasteiger partial charge < -0.3 is 10.1 Å². The minimum Gasteiger partial charge on any atom is -0.462 e. The van der Waals surface area contributed by atoms with Crippen LogP contribution in [0.2, 0.25) is 0 Å². The first kappa shape index (κ1) is 18.2. The summed E-state index contributed by atoms with van der Waals surface area (Å²) < 4.78 is 5.61. The van der Waals surface area contributed by atoms with Crippen LogP contribution in [0, 0.1) is 16.0 Å². The fourth-order valence-corrected chi connectivity index (χ4v) is 3.65. The zero-order chi connectivity index (χ0) is 16.7. The summed E-state index contributed by atoms with van der Waals surface area (Å²) in [5.41, 5.74) is 0. The van der Waals surface area contributed by atoms with Gasteiger partial charge in [-0.3, -0.25) is 14.9 Å². The van der Waals surface area contributed by atoms with Gasteiger partial charge in [0, 0.05) is 23.8 Å². The molecule has 6 heteroatoms. The number of carbonyl (C=O) groups is 1. The highest BCUT2D eigenvalue weighted by Crippen LogP contribution is 2.28. The average Bonchev–Trinajstić information content (AvgIpc) is 2.56. The van der Waals surface area contributed by atoms with Crippen LogP contribution in [0.3, 0.4) is 0 Å². The molecule has 0 amide bonds. The van der Waals surface area contributed by atoms with Gasteiger partial charge in [-0.2, -0.15) is 0 Å². The molecule has 0 aromatic rings. The van der Waals surface area contributed by atoms with Crippen LogP contribution in [-0.4, -0.2) is 35.6 Å². The standard InChI is InChI=1S/C17H30N2O4/c1-2-3-12-18-14-6-4-13(5-7-14)17(20)23-16-10-8-15(9-11-16)19(21)22/h13-16,18H,2-12H2,1H3. The lowest BCUT2D eigenvalue weighted by Gasteiger charge is -2.30. The van der Waals surface area contributed by atoms with Crippen molar-refractivity contribution in [2.45, 2.75) is 89.3 Å². The summed E-state index contributed by atoms with van der Waals surface area (Å²) in [5.74, 6) is -0.0611. The van der Waals surface area contributed by atoms with Gasteiger partial charge in [-0.15, -0.1) is 0 Å². The quantitative estimate of drug-likeness (QED) is 0.336. The van der Waals surface area contributed by atoms with Gasteiger partial charge in [-0.25, -0.2) is 0 Å². The predicted octanol–water partition coefficient (Wildman–Crippen LogP) is 3.07. The normalized spacial score (nSPS) is 31.5. The Labute approximate surface area is 138 Å². The number of nitrogens with one attached hydrogen (secondary N) is 1. The van der Waals surface area contributed by atoms with Crippen molar-refractivity contribution in [2.24, 2.45) is 5.92 Å². The zero-order valence-corrected chi connectivity index (χ0v) is 14.2. The summed E-state index contributed by atoms with van der Waals surface area (Å²) in [6.07, 6.45) is 8.48. The maximum atomic E-state index is 12.3. The maximum absolute atomic E-state index is 12.3. The third-order valence-electron chi connectivity index (χ3n) is 5.25. The fourth-order valence-electron chi connectivity index (χ4n) is 3.65. The second kappa shape index (κ2) is 9.21. The molecule has 0 heterocycles. The van der Waals surface area contributed by atoms with Crippen LogP contribution in [0.4, 0.5) is 0 Å². The summed E-state index contributed by atoms with van der Waals surface area (Å²) in [7, 11) is 0. The lowest BCUT2D eigenvalue weighted by atomic mass is 9.86. The Morgan fingerprint density at radius 2 is 1.78 bits per heavy atom. The summed E-state index contributed by atoms with van der Waals surface area (Å²) in [5, 5.41) is 14.3. The topological polar surface area (TPSA) is 81.5 Å². The number of unbranched alkanes of at least 4 members (excludes halogenated alkanes) is 1. The molecule has 2 rings (SSSR count). The van der Waals surface area contributed by atoms with Gasteiger partial charge in [-0.05, 0) is 51.5 Å². The van der Waals surface area contributed by atoms with Gasteiger partial charge in [0.15, 0.2) is 0 Å². The van der Waals surface area contributed by atoms with Crippen molar-refractivity contribution >= 4 is 5.97 Å². The van der Waals surface area contributed by atoms with Gasteiger partial charge in [0.25, 0.3) is 0 Å². The van der Waals surface area contributed by atoms with E-state index in [-0.39, 0.29) is 22.9 Å². The SMILES string of the molecule is CCCCNC1CCC(C(=O)OC2CCC([N+](=O)[O-])CC2)CC1. The van der Waals surface area contributed by atoms with E-state index in [0.29, 0.717) is 31.7 Å². The van der Waals surface area contributed by atoms with Crippen molar-refractivity contribution in [1.29, 1.82) is 0 Å². The summed E-state index contributed by atoms with van der Waals surface area (Å²) in [6.45, 7) is 3.25. The lowest BCUT2D eigenvalue weighted by molar-refractivity contribution is -0.527. The van der Waals surface area contributed by atoms with E-state index in [9.17, 15) is 14.9 Å². The van der Waals surface area contributed by atoms with Crippen LogP contribution in [0.15, 0.2) is 0 Å². The molecule has 2 fully saturated rings. The molecule has 0 aromatic heterocycles. The molecule has 23 heavy (non-hydrogen) atoms. The molecule has 0 bridgehead atoms. The summed E-state index contributed by atoms with van der Waals surface area (Å²) >= 11 is 0. The van der Waals surface area contributed by atoms with Crippen LogP contribution in [0.5, 0.6) is 0 Å². The van der Waals surface area contributed by atoms with Crippen molar-refractivity contribution in [3.8, 4) is 0 Å². The summed E-state index contributed by atoms with van der Waals surface area (Å²) in [4.78, 5) is 22.8. The van der Waals surface area contributed by atoms with Crippen molar-refractivity contribution in [3.63, 3.8) is 0 Å². The van der Waals surface area contributed by atoms with Crippen LogP contribution in [0.25, 0.3) is 0 Å². The minimum atomic E-state index is -0.449. The van der Waals surface area contributed by atoms with Crippen molar-refractivity contribution in [2.75, 3.05) is 6.54 Å². The molecule has 0 radical (unpaired) electrons. The second-order valence-corrected chi connectivity index (χ2v) is 7.01. The first-order valence-electron chi connectivity index (χ1n) is 9.17. The molecule has 2 aliphatic rings. The molecule has 6 nitrogen and oxygen atoms in total. The number of ether oxygens (including phenoxy) is 1. The van der Waals surface area contributed by atoms with Crippen molar-refractivity contribution in [3.05, 3.63) is 10.1 Å². The molecule has 0 atom stereocenters. The fraction of sp³-hybridized carbons (Fsp3) is 0.941. The molecule has 0 saturated heterocycles. The number of hydrogen-bond acceptors (Lipinski definition) is 5. The first-order chi connectivity index (χ1) is 11.1. The van der Waals surface area contributed by atoms with E-state index in [1.54, 1.807) is 0 Å².